The Morgan fingerprint density at radius 2 is 2.12 bits per heavy atom. The number of hydrogen-bond acceptors (Lipinski definition) is 6. The lowest BCUT2D eigenvalue weighted by molar-refractivity contribution is 0.242. The lowest BCUT2D eigenvalue weighted by Gasteiger charge is -2.30. The van der Waals surface area contributed by atoms with E-state index in [-0.39, 0.29) is 11.3 Å². The van der Waals surface area contributed by atoms with Crippen LogP contribution in [0.5, 0.6) is 5.75 Å². The van der Waals surface area contributed by atoms with E-state index in [2.05, 4.69) is 10.1 Å². The first kappa shape index (κ1) is 17.7. The molecular weight excluding hydrogens is 380 g/mol. The average molecular weight is 399 g/mol. The summed E-state index contributed by atoms with van der Waals surface area (Å²) >= 11 is 6.07. The fraction of sp³-hybridized carbons (Fsp3) is 0.500. The normalized spacial score (nSPS) is 22.5. The summed E-state index contributed by atoms with van der Waals surface area (Å²) in [5.74, 6) is 1.78. The SMILES string of the molecule is COc1ccc(Cl)cc1-c1noc(C2CC23CCN(S(N)(=O)=O)CC3)n1. The number of ether oxygens (including phenoxy) is 1. The Morgan fingerprint density at radius 1 is 1.38 bits per heavy atom. The number of rotatable bonds is 4. The fourth-order valence-electron chi connectivity index (χ4n) is 3.78. The first-order valence-corrected chi connectivity index (χ1v) is 10.2. The number of methoxy groups -OCH3 is 1. The van der Waals surface area contributed by atoms with Crippen molar-refractivity contribution in [3.63, 3.8) is 0 Å². The molecule has 1 aliphatic heterocycles. The lowest BCUT2D eigenvalue weighted by Crippen LogP contribution is -2.43. The molecule has 0 amide bonds. The summed E-state index contributed by atoms with van der Waals surface area (Å²) < 4.78 is 35.1. The molecule has 8 nitrogen and oxygen atoms in total. The average Bonchev–Trinajstić information content (AvgIpc) is 3.07. The standard InChI is InChI=1S/C16H19ClN4O4S/c1-24-13-3-2-10(17)8-11(13)14-19-15(25-20-14)12-9-16(12)4-6-21(7-5-16)26(18,22)23/h2-3,8,12H,4-7,9H2,1H3,(H2,18,22,23). The van der Waals surface area contributed by atoms with E-state index in [4.69, 9.17) is 26.0 Å². The topological polar surface area (TPSA) is 112 Å². The highest BCUT2D eigenvalue weighted by molar-refractivity contribution is 7.86. The van der Waals surface area contributed by atoms with Crippen molar-refractivity contribution < 1.29 is 17.7 Å². The van der Waals surface area contributed by atoms with Gasteiger partial charge >= 0.3 is 0 Å². The van der Waals surface area contributed by atoms with Crippen LogP contribution in [0.4, 0.5) is 0 Å². The largest absolute Gasteiger partial charge is 0.496 e. The third-order valence-corrected chi connectivity index (χ3v) is 6.73. The van der Waals surface area contributed by atoms with Gasteiger partial charge in [-0.25, -0.2) is 5.14 Å². The van der Waals surface area contributed by atoms with Gasteiger partial charge in [-0.3, -0.25) is 0 Å². The molecule has 2 fully saturated rings. The van der Waals surface area contributed by atoms with Gasteiger partial charge < -0.3 is 9.26 Å². The number of aromatic nitrogens is 2. The van der Waals surface area contributed by atoms with E-state index >= 15 is 0 Å². The molecule has 0 radical (unpaired) electrons. The van der Waals surface area contributed by atoms with E-state index in [1.165, 1.54) is 4.31 Å². The molecule has 1 unspecified atom stereocenters. The second-order valence-electron chi connectivity index (χ2n) is 6.86. The van der Waals surface area contributed by atoms with Gasteiger partial charge in [0.2, 0.25) is 11.7 Å². The maximum Gasteiger partial charge on any atom is 0.276 e. The molecule has 4 rings (SSSR count). The molecule has 1 aliphatic carbocycles. The first-order chi connectivity index (χ1) is 12.3. The van der Waals surface area contributed by atoms with Gasteiger partial charge in [-0.15, -0.1) is 0 Å². The molecule has 1 saturated carbocycles. The minimum Gasteiger partial charge on any atom is -0.496 e. The van der Waals surface area contributed by atoms with Gasteiger partial charge in [0.25, 0.3) is 10.2 Å². The van der Waals surface area contributed by atoms with Gasteiger partial charge in [0.05, 0.1) is 12.7 Å². The fourth-order valence-corrected chi connectivity index (χ4v) is 4.64. The quantitative estimate of drug-likeness (QED) is 0.844. The Kier molecular flexibility index (Phi) is 4.22. The summed E-state index contributed by atoms with van der Waals surface area (Å²) in [6.45, 7) is 0.858. The molecule has 1 aromatic carbocycles. The molecule has 10 heteroatoms. The van der Waals surface area contributed by atoms with Crippen LogP contribution in [-0.2, 0) is 10.2 Å². The second kappa shape index (κ2) is 6.19. The predicted octanol–water partition coefficient (Wildman–Crippen LogP) is 2.17. The summed E-state index contributed by atoms with van der Waals surface area (Å²) in [4.78, 5) is 4.54. The molecule has 0 bridgehead atoms. The number of piperidine rings is 1. The van der Waals surface area contributed by atoms with Crippen molar-refractivity contribution in [1.29, 1.82) is 0 Å². The minimum absolute atomic E-state index is 0.0312. The predicted molar refractivity (Wildman–Crippen MR) is 95.0 cm³/mol. The Hall–Kier alpha value is -1.68. The van der Waals surface area contributed by atoms with E-state index in [0.29, 0.717) is 41.1 Å². The van der Waals surface area contributed by atoms with Crippen molar-refractivity contribution in [2.24, 2.45) is 10.6 Å². The number of hydrogen-bond donors (Lipinski definition) is 1. The highest BCUT2D eigenvalue weighted by Gasteiger charge is 2.58. The molecule has 1 saturated heterocycles. The zero-order valence-electron chi connectivity index (χ0n) is 14.2. The Labute approximate surface area is 156 Å². The van der Waals surface area contributed by atoms with Gasteiger partial charge in [0, 0.05) is 24.0 Å². The number of nitrogens with two attached hydrogens (primary N) is 1. The highest BCUT2D eigenvalue weighted by Crippen LogP contribution is 2.64. The summed E-state index contributed by atoms with van der Waals surface area (Å²) in [6, 6.07) is 5.23. The Morgan fingerprint density at radius 3 is 2.77 bits per heavy atom. The molecule has 1 aromatic heterocycles. The zero-order valence-corrected chi connectivity index (χ0v) is 15.8. The number of halogens is 1. The van der Waals surface area contributed by atoms with E-state index in [1.54, 1.807) is 25.3 Å². The van der Waals surface area contributed by atoms with Crippen LogP contribution in [0, 0.1) is 5.41 Å². The molecule has 26 heavy (non-hydrogen) atoms. The van der Waals surface area contributed by atoms with Crippen LogP contribution in [0.25, 0.3) is 11.4 Å². The van der Waals surface area contributed by atoms with Gasteiger partial charge in [-0.05, 0) is 42.9 Å². The summed E-state index contributed by atoms with van der Waals surface area (Å²) in [6.07, 6.45) is 2.40. The Bertz CT molecular complexity index is 937. The molecule has 2 aliphatic rings. The molecule has 1 atom stereocenters. The van der Waals surface area contributed by atoms with Gasteiger partial charge in [0.15, 0.2) is 0 Å². The Balaban J connectivity index is 1.52. The van der Waals surface area contributed by atoms with Crippen molar-refractivity contribution in [2.75, 3.05) is 20.2 Å². The summed E-state index contributed by atoms with van der Waals surface area (Å²) in [7, 11) is -2.05. The monoisotopic (exact) mass is 398 g/mol. The smallest absolute Gasteiger partial charge is 0.276 e. The van der Waals surface area contributed by atoms with E-state index in [0.717, 1.165) is 19.3 Å². The van der Waals surface area contributed by atoms with E-state index in [1.807, 2.05) is 0 Å². The summed E-state index contributed by atoms with van der Waals surface area (Å²) in [5.41, 5.74) is 0.706. The van der Waals surface area contributed by atoms with Crippen molar-refractivity contribution in [2.45, 2.75) is 25.2 Å². The van der Waals surface area contributed by atoms with Crippen LogP contribution in [-0.4, -0.2) is 43.1 Å². The minimum atomic E-state index is -3.62. The van der Waals surface area contributed by atoms with Crippen molar-refractivity contribution in [3.05, 3.63) is 29.1 Å². The molecule has 140 valence electrons. The van der Waals surface area contributed by atoms with Crippen LogP contribution in [0.3, 0.4) is 0 Å². The molecule has 2 aromatic rings. The van der Waals surface area contributed by atoms with Gasteiger partial charge in [0.1, 0.15) is 5.75 Å². The maximum absolute atomic E-state index is 11.5. The van der Waals surface area contributed by atoms with Crippen molar-refractivity contribution in [3.8, 4) is 17.1 Å². The third-order valence-electron chi connectivity index (χ3n) is 5.41. The van der Waals surface area contributed by atoms with Crippen LogP contribution in [0.2, 0.25) is 5.02 Å². The zero-order chi connectivity index (χ0) is 18.5. The number of nitrogens with zero attached hydrogens (tertiary/aromatic N) is 3. The van der Waals surface area contributed by atoms with Crippen LogP contribution in [0.1, 0.15) is 31.1 Å². The number of benzene rings is 1. The molecule has 2 heterocycles. The van der Waals surface area contributed by atoms with Gasteiger partial charge in [-0.2, -0.15) is 17.7 Å². The summed E-state index contributed by atoms with van der Waals surface area (Å²) in [5, 5.41) is 9.85. The van der Waals surface area contributed by atoms with Gasteiger partial charge in [-0.1, -0.05) is 16.8 Å². The van der Waals surface area contributed by atoms with Crippen molar-refractivity contribution in [1.82, 2.24) is 14.4 Å². The first-order valence-electron chi connectivity index (χ1n) is 8.28. The van der Waals surface area contributed by atoms with Crippen LogP contribution in [0.15, 0.2) is 22.7 Å². The van der Waals surface area contributed by atoms with E-state index < -0.39 is 10.2 Å². The molecular formula is C16H19ClN4O4S. The third kappa shape index (κ3) is 3.09. The van der Waals surface area contributed by atoms with Crippen molar-refractivity contribution >= 4 is 21.8 Å². The van der Waals surface area contributed by atoms with Crippen LogP contribution < -0.4 is 9.88 Å². The maximum atomic E-state index is 11.5. The van der Waals surface area contributed by atoms with E-state index in [9.17, 15) is 8.42 Å². The molecule has 2 N–H and O–H groups in total. The van der Waals surface area contributed by atoms with Crippen LogP contribution >= 0.6 is 11.6 Å². The molecule has 1 spiro atoms. The lowest BCUT2D eigenvalue weighted by atomic mass is 9.92. The second-order valence-corrected chi connectivity index (χ2v) is 8.85. The highest BCUT2D eigenvalue weighted by atomic mass is 35.5.